The molecule has 0 aromatic heterocycles. The van der Waals surface area contributed by atoms with Crippen molar-refractivity contribution in [2.45, 2.75) is 26.3 Å². The number of hydrogen-bond acceptors (Lipinski definition) is 4. The number of benzene rings is 1. The molecule has 0 aliphatic heterocycles. The molecule has 5 heteroatoms. The topological polar surface area (TPSA) is 84.6 Å². The van der Waals surface area contributed by atoms with Crippen molar-refractivity contribution in [2.75, 3.05) is 19.8 Å². The van der Waals surface area contributed by atoms with Crippen molar-refractivity contribution < 1.29 is 14.6 Å². The Hall–Kier alpha value is -1.59. The third-order valence-corrected chi connectivity index (χ3v) is 3.00. The molecule has 0 radical (unpaired) electrons. The SMILES string of the molecule is CC(CO)CCCNCc1ccc(OCC(N)=O)cc1. The Kier molecular flexibility index (Phi) is 7.69. The van der Waals surface area contributed by atoms with Crippen LogP contribution in [0.5, 0.6) is 5.75 Å². The molecule has 0 heterocycles. The lowest BCUT2D eigenvalue weighted by molar-refractivity contribution is -0.119. The maximum Gasteiger partial charge on any atom is 0.255 e. The number of carbonyl (C=O) groups excluding carboxylic acids is 1. The summed E-state index contributed by atoms with van der Waals surface area (Å²) in [4.78, 5) is 10.6. The Bertz CT molecular complexity index is 393. The first kappa shape index (κ1) is 16.5. The molecule has 0 bridgehead atoms. The molecule has 20 heavy (non-hydrogen) atoms. The molecule has 5 nitrogen and oxygen atoms in total. The van der Waals surface area contributed by atoms with Crippen LogP contribution in [-0.4, -0.2) is 30.8 Å². The van der Waals surface area contributed by atoms with E-state index in [1.807, 2.05) is 31.2 Å². The zero-order valence-corrected chi connectivity index (χ0v) is 12.0. The predicted molar refractivity (Wildman–Crippen MR) is 78.3 cm³/mol. The Morgan fingerprint density at radius 3 is 2.70 bits per heavy atom. The molecule has 1 rings (SSSR count). The van der Waals surface area contributed by atoms with Crippen LogP contribution in [-0.2, 0) is 11.3 Å². The van der Waals surface area contributed by atoms with Crippen molar-refractivity contribution in [3.63, 3.8) is 0 Å². The van der Waals surface area contributed by atoms with Crippen LogP contribution in [0.2, 0.25) is 0 Å². The number of nitrogens with one attached hydrogen (secondary N) is 1. The number of rotatable bonds is 10. The van der Waals surface area contributed by atoms with Gasteiger partial charge in [0.25, 0.3) is 5.91 Å². The Morgan fingerprint density at radius 1 is 1.40 bits per heavy atom. The maximum atomic E-state index is 10.6. The lowest BCUT2D eigenvalue weighted by Gasteiger charge is -2.09. The molecule has 0 saturated carbocycles. The van der Waals surface area contributed by atoms with Gasteiger partial charge in [0.05, 0.1) is 0 Å². The first-order valence-corrected chi connectivity index (χ1v) is 6.93. The highest BCUT2D eigenvalue weighted by Gasteiger charge is 2.00. The number of primary amides is 1. The fraction of sp³-hybridized carbons (Fsp3) is 0.533. The second kappa shape index (κ2) is 9.34. The molecular formula is C15H24N2O3. The molecular weight excluding hydrogens is 256 g/mol. The van der Waals surface area contributed by atoms with Crippen LogP contribution in [0.1, 0.15) is 25.3 Å². The van der Waals surface area contributed by atoms with Gasteiger partial charge in [0.15, 0.2) is 6.61 Å². The van der Waals surface area contributed by atoms with E-state index in [9.17, 15) is 4.79 Å². The summed E-state index contributed by atoms with van der Waals surface area (Å²) in [7, 11) is 0. The number of aliphatic hydroxyl groups excluding tert-OH is 1. The van der Waals surface area contributed by atoms with Crippen molar-refractivity contribution in [1.29, 1.82) is 0 Å². The molecule has 1 amide bonds. The third-order valence-electron chi connectivity index (χ3n) is 3.00. The van der Waals surface area contributed by atoms with Gasteiger partial charge in [-0.1, -0.05) is 19.1 Å². The van der Waals surface area contributed by atoms with Crippen LogP contribution in [0.4, 0.5) is 0 Å². The predicted octanol–water partition coefficient (Wildman–Crippen LogP) is 1.05. The van der Waals surface area contributed by atoms with Crippen LogP contribution in [0.25, 0.3) is 0 Å². The van der Waals surface area contributed by atoms with Crippen molar-refractivity contribution in [1.82, 2.24) is 5.32 Å². The molecule has 112 valence electrons. The number of ether oxygens (including phenoxy) is 1. The van der Waals surface area contributed by atoms with E-state index in [2.05, 4.69) is 5.32 Å². The molecule has 0 aliphatic carbocycles. The van der Waals surface area contributed by atoms with Gasteiger partial charge in [-0.05, 0) is 43.0 Å². The average molecular weight is 280 g/mol. The Labute approximate surface area is 120 Å². The molecule has 1 atom stereocenters. The average Bonchev–Trinajstić information content (AvgIpc) is 2.45. The largest absolute Gasteiger partial charge is 0.484 e. The number of aliphatic hydroxyl groups is 1. The summed E-state index contributed by atoms with van der Waals surface area (Å²) in [5, 5.41) is 12.3. The summed E-state index contributed by atoms with van der Waals surface area (Å²) in [6.07, 6.45) is 2.09. The second-order valence-electron chi connectivity index (χ2n) is 5.01. The molecule has 1 unspecified atom stereocenters. The molecule has 1 aromatic carbocycles. The number of hydrogen-bond donors (Lipinski definition) is 3. The quantitative estimate of drug-likeness (QED) is 0.559. The van der Waals surface area contributed by atoms with E-state index in [1.165, 1.54) is 0 Å². The molecule has 0 aliphatic rings. The molecule has 0 fully saturated rings. The van der Waals surface area contributed by atoms with E-state index in [0.29, 0.717) is 11.7 Å². The van der Waals surface area contributed by atoms with E-state index >= 15 is 0 Å². The van der Waals surface area contributed by atoms with Gasteiger partial charge in [-0.3, -0.25) is 4.79 Å². The van der Waals surface area contributed by atoms with Gasteiger partial charge in [0.2, 0.25) is 0 Å². The highest BCUT2D eigenvalue weighted by atomic mass is 16.5. The third kappa shape index (κ3) is 7.11. The minimum Gasteiger partial charge on any atom is -0.484 e. The zero-order valence-electron chi connectivity index (χ0n) is 12.0. The van der Waals surface area contributed by atoms with Crippen LogP contribution >= 0.6 is 0 Å². The van der Waals surface area contributed by atoms with Gasteiger partial charge in [-0.25, -0.2) is 0 Å². The van der Waals surface area contributed by atoms with Crippen LogP contribution in [0.3, 0.4) is 0 Å². The summed E-state index contributed by atoms with van der Waals surface area (Å²) < 4.78 is 5.19. The summed E-state index contributed by atoms with van der Waals surface area (Å²) in [6.45, 7) is 3.94. The standard InChI is InChI=1S/C15H24N2O3/c1-12(10-18)3-2-8-17-9-13-4-6-14(7-5-13)20-11-15(16)19/h4-7,12,17-18H,2-3,8-11H2,1H3,(H2,16,19). The monoisotopic (exact) mass is 280 g/mol. The maximum absolute atomic E-state index is 10.6. The van der Waals surface area contributed by atoms with Crippen LogP contribution in [0, 0.1) is 5.92 Å². The van der Waals surface area contributed by atoms with E-state index in [0.717, 1.165) is 31.5 Å². The van der Waals surface area contributed by atoms with Crippen LogP contribution in [0.15, 0.2) is 24.3 Å². The normalized spacial score (nSPS) is 12.1. The summed E-state index contributed by atoms with van der Waals surface area (Å²) in [5.74, 6) is 0.538. The fourth-order valence-electron chi connectivity index (χ4n) is 1.76. The van der Waals surface area contributed by atoms with E-state index in [4.69, 9.17) is 15.6 Å². The first-order valence-electron chi connectivity index (χ1n) is 6.93. The summed E-state index contributed by atoms with van der Waals surface area (Å²) in [5.41, 5.74) is 6.16. The second-order valence-corrected chi connectivity index (χ2v) is 5.01. The molecule has 1 aromatic rings. The van der Waals surface area contributed by atoms with E-state index in [1.54, 1.807) is 0 Å². The summed E-state index contributed by atoms with van der Waals surface area (Å²) in [6, 6.07) is 7.57. The number of nitrogens with two attached hydrogens (primary N) is 1. The minimum atomic E-state index is -0.479. The lowest BCUT2D eigenvalue weighted by Crippen LogP contribution is -2.20. The number of carbonyl (C=O) groups is 1. The van der Waals surface area contributed by atoms with Crippen molar-refractivity contribution >= 4 is 5.91 Å². The van der Waals surface area contributed by atoms with Gasteiger partial charge < -0.3 is 20.9 Å². The molecule has 0 saturated heterocycles. The van der Waals surface area contributed by atoms with Crippen molar-refractivity contribution in [3.8, 4) is 5.75 Å². The van der Waals surface area contributed by atoms with Gasteiger partial charge in [-0.15, -0.1) is 0 Å². The molecule has 0 spiro atoms. The van der Waals surface area contributed by atoms with Crippen molar-refractivity contribution in [2.24, 2.45) is 11.7 Å². The highest BCUT2D eigenvalue weighted by Crippen LogP contribution is 2.12. The summed E-state index contributed by atoms with van der Waals surface area (Å²) >= 11 is 0. The van der Waals surface area contributed by atoms with Gasteiger partial charge in [0, 0.05) is 13.2 Å². The molecule has 4 N–H and O–H groups in total. The zero-order chi connectivity index (χ0) is 14.8. The van der Waals surface area contributed by atoms with Gasteiger partial charge in [0.1, 0.15) is 5.75 Å². The first-order chi connectivity index (χ1) is 9.61. The Morgan fingerprint density at radius 2 is 2.10 bits per heavy atom. The smallest absolute Gasteiger partial charge is 0.255 e. The minimum absolute atomic E-state index is 0.0966. The Balaban J connectivity index is 2.19. The fourth-order valence-corrected chi connectivity index (χ4v) is 1.76. The highest BCUT2D eigenvalue weighted by molar-refractivity contribution is 5.75. The van der Waals surface area contributed by atoms with E-state index < -0.39 is 5.91 Å². The van der Waals surface area contributed by atoms with Crippen LogP contribution < -0.4 is 15.8 Å². The number of amides is 1. The lowest BCUT2D eigenvalue weighted by atomic mass is 10.1. The van der Waals surface area contributed by atoms with E-state index in [-0.39, 0.29) is 13.2 Å². The van der Waals surface area contributed by atoms with Gasteiger partial charge in [-0.2, -0.15) is 0 Å². The van der Waals surface area contributed by atoms with Gasteiger partial charge >= 0.3 is 0 Å². The van der Waals surface area contributed by atoms with Crippen molar-refractivity contribution in [3.05, 3.63) is 29.8 Å².